The van der Waals surface area contributed by atoms with Gasteiger partial charge >= 0.3 is 0 Å². The lowest BCUT2D eigenvalue weighted by atomic mass is 10.2. The maximum atomic E-state index is 11.5. The van der Waals surface area contributed by atoms with Crippen LogP contribution in [-0.2, 0) is 4.79 Å². The molecule has 1 amide bonds. The van der Waals surface area contributed by atoms with E-state index < -0.39 is 0 Å². The van der Waals surface area contributed by atoms with Gasteiger partial charge in [0.15, 0.2) is 0 Å². The largest absolute Gasteiger partial charge is 0.467 e. The second-order valence-corrected chi connectivity index (χ2v) is 4.31. The minimum Gasteiger partial charge on any atom is -0.467 e. The van der Waals surface area contributed by atoms with Gasteiger partial charge in [0.1, 0.15) is 12.2 Å². The molecule has 2 rings (SSSR count). The molecule has 1 unspecified atom stereocenters. The minimum absolute atomic E-state index is 0.0287. The molecule has 0 saturated carbocycles. The number of carbonyl (C=O) groups excluding carboxylic acids is 1. The number of hydrogen-bond donors (Lipinski definition) is 2. The summed E-state index contributed by atoms with van der Waals surface area (Å²) in [6, 6.07) is 12.8. The van der Waals surface area contributed by atoms with E-state index in [1.807, 2.05) is 43.3 Å². The summed E-state index contributed by atoms with van der Waals surface area (Å²) in [7, 11) is 0. The second kappa shape index (κ2) is 6.43. The van der Waals surface area contributed by atoms with Gasteiger partial charge in [0.05, 0.1) is 29.7 Å². The number of nitrogens with one attached hydrogen (secondary N) is 2. The Hall–Kier alpha value is -2.74. The van der Waals surface area contributed by atoms with Crippen molar-refractivity contribution in [1.29, 1.82) is 5.26 Å². The van der Waals surface area contributed by atoms with E-state index in [1.165, 1.54) is 0 Å². The zero-order chi connectivity index (χ0) is 14.4. The Morgan fingerprint density at radius 2 is 2.05 bits per heavy atom. The van der Waals surface area contributed by atoms with Crippen LogP contribution in [0.1, 0.15) is 25.1 Å². The first kappa shape index (κ1) is 13.7. The first-order chi connectivity index (χ1) is 9.70. The summed E-state index contributed by atoms with van der Waals surface area (Å²) in [5.74, 6) is 0.482. The van der Waals surface area contributed by atoms with Crippen molar-refractivity contribution in [3.63, 3.8) is 0 Å². The fourth-order valence-electron chi connectivity index (χ4n) is 1.83. The average molecular weight is 269 g/mol. The van der Waals surface area contributed by atoms with Crippen molar-refractivity contribution in [3.05, 3.63) is 48.4 Å². The number of anilines is 2. The Morgan fingerprint density at radius 3 is 2.70 bits per heavy atom. The number of benzene rings is 1. The van der Waals surface area contributed by atoms with E-state index in [1.54, 1.807) is 12.3 Å². The highest BCUT2D eigenvalue weighted by Gasteiger charge is 2.11. The zero-order valence-corrected chi connectivity index (χ0v) is 11.1. The molecule has 1 heterocycles. The lowest BCUT2D eigenvalue weighted by Crippen LogP contribution is -2.13. The van der Waals surface area contributed by atoms with Crippen LogP contribution in [0.4, 0.5) is 11.4 Å². The number of nitrogens with zero attached hydrogens (tertiary/aromatic N) is 1. The van der Waals surface area contributed by atoms with Gasteiger partial charge in [-0.05, 0) is 31.2 Å². The van der Waals surface area contributed by atoms with Crippen LogP contribution in [0, 0.1) is 11.3 Å². The molecule has 1 aromatic heterocycles. The number of para-hydroxylation sites is 2. The standard InChI is InChI=1S/C15H15N3O2/c1-11(14-7-4-10-20-14)17-12-5-2-3-6-13(12)18-15(19)8-9-16/h2-7,10-11,17H,8H2,1H3,(H,18,19). The monoisotopic (exact) mass is 269 g/mol. The molecule has 0 aliphatic carbocycles. The number of furan rings is 1. The van der Waals surface area contributed by atoms with Crippen LogP contribution in [-0.4, -0.2) is 5.91 Å². The molecule has 102 valence electrons. The number of nitriles is 1. The highest BCUT2D eigenvalue weighted by Crippen LogP contribution is 2.26. The van der Waals surface area contributed by atoms with Crippen LogP contribution in [0.3, 0.4) is 0 Å². The van der Waals surface area contributed by atoms with Crippen LogP contribution in [0.15, 0.2) is 47.1 Å². The molecule has 0 spiro atoms. The summed E-state index contributed by atoms with van der Waals surface area (Å²) in [5.41, 5.74) is 1.42. The molecule has 0 bridgehead atoms. The van der Waals surface area contributed by atoms with Gasteiger partial charge in [-0.1, -0.05) is 12.1 Å². The summed E-state index contributed by atoms with van der Waals surface area (Å²) in [4.78, 5) is 11.5. The molecular weight excluding hydrogens is 254 g/mol. The van der Waals surface area contributed by atoms with Gasteiger partial charge in [-0.2, -0.15) is 5.26 Å². The average Bonchev–Trinajstić information content (AvgIpc) is 2.95. The lowest BCUT2D eigenvalue weighted by Gasteiger charge is -2.16. The number of carbonyl (C=O) groups is 1. The Balaban J connectivity index is 2.12. The number of amides is 1. The van der Waals surface area contributed by atoms with E-state index in [0.717, 1.165) is 11.4 Å². The number of hydrogen-bond acceptors (Lipinski definition) is 4. The Kier molecular flexibility index (Phi) is 4.40. The molecule has 0 fully saturated rings. The molecule has 5 heteroatoms. The van der Waals surface area contributed by atoms with E-state index >= 15 is 0 Å². The van der Waals surface area contributed by atoms with Gasteiger partial charge in [-0.15, -0.1) is 0 Å². The van der Waals surface area contributed by atoms with Gasteiger partial charge < -0.3 is 15.1 Å². The van der Waals surface area contributed by atoms with Crippen LogP contribution >= 0.6 is 0 Å². The summed E-state index contributed by atoms with van der Waals surface area (Å²) in [6.45, 7) is 1.96. The van der Waals surface area contributed by atoms with E-state index in [2.05, 4.69) is 10.6 Å². The summed E-state index contributed by atoms with van der Waals surface area (Å²) < 4.78 is 5.33. The van der Waals surface area contributed by atoms with E-state index in [9.17, 15) is 4.79 Å². The quantitative estimate of drug-likeness (QED) is 0.872. The first-order valence-corrected chi connectivity index (χ1v) is 6.26. The van der Waals surface area contributed by atoms with Crippen molar-refractivity contribution < 1.29 is 9.21 Å². The third kappa shape index (κ3) is 3.39. The van der Waals surface area contributed by atoms with E-state index in [4.69, 9.17) is 9.68 Å². The molecule has 1 aromatic carbocycles. The molecule has 2 aromatic rings. The van der Waals surface area contributed by atoms with Crippen molar-refractivity contribution >= 4 is 17.3 Å². The van der Waals surface area contributed by atoms with Gasteiger partial charge in [-0.25, -0.2) is 0 Å². The third-order valence-electron chi connectivity index (χ3n) is 2.78. The fourth-order valence-corrected chi connectivity index (χ4v) is 1.83. The lowest BCUT2D eigenvalue weighted by molar-refractivity contribution is -0.115. The summed E-state index contributed by atoms with van der Waals surface area (Å²) >= 11 is 0. The SMILES string of the molecule is CC(Nc1ccccc1NC(=O)CC#N)c1ccco1. The highest BCUT2D eigenvalue weighted by molar-refractivity contribution is 5.95. The smallest absolute Gasteiger partial charge is 0.238 e. The highest BCUT2D eigenvalue weighted by atomic mass is 16.3. The van der Waals surface area contributed by atoms with E-state index in [-0.39, 0.29) is 18.4 Å². The number of rotatable bonds is 5. The minimum atomic E-state index is -0.326. The normalized spacial score (nSPS) is 11.4. The molecule has 1 atom stereocenters. The maximum Gasteiger partial charge on any atom is 0.238 e. The summed E-state index contributed by atoms with van der Waals surface area (Å²) in [5, 5.41) is 14.5. The topological polar surface area (TPSA) is 78.1 Å². The zero-order valence-electron chi connectivity index (χ0n) is 11.1. The third-order valence-corrected chi connectivity index (χ3v) is 2.78. The van der Waals surface area contributed by atoms with Gasteiger partial charge in [0, 0.05) is 0 Å². The molecule has 20 heavy (non-hydrogen) atoms. The fraction of sp³-hybridized carbons (Fsp3) is 0.200. The molecule has 2 N–H and O–H groups in total. The van der Waals surface area contributed by atoms with Crippen molar-refractivity contribution in [3.8, 4) is 6.07 Å². The van der Waals surface area contributed by atoms with Crippen LogP contribution in [0.25, 0.3) is 0 Å². The predicted molar refractivity (Wildman–Crippen MR) is 76.0 cm³/mol. The van der Waals surface area contributed by atoms with Crippen molar-refractivity contribution in [2.45, 2.75) is 19.4 Å². The van der Waals surface area contributed by atoms with Gasteiger partial charge in [0.2, 0.25) is 5.91 Å². The molecule has 0 radical (unpaired) electrons. The maximum absolute atomic E-state index is 11.5. The Labute approximate surface area is 117 Å². The Bertz CT molecular complexity index is 614. The summed E-state index contributed by atoms with van der Waals surface area (Å²) in [6.07, 6.45) is 1.45. The molecule has 0 aliphatic heterocycles. The van der Waals surface area contributed by atoms with Crippen LogP contribution in [0.5, 0.6) is 0 Å². The molecule has 5 nitrogen and oxygen atoms in total. The Morgan fingerprint density at radius 1 is 1.30 bits per heavy atom. The van der Waals surface area contributed by atoms with E-state index in [0.29, 0.717) is 5.69 Å². The second-order valence-electron chi connectivity index (χ2n) is 4.31. The predicted octanol–water partition coefficient (Wildman–Crippen LogP) is 3.30. The van der Waals surface area contributed by atoms with Crippen LogP contribution < -0.4 is 10.6 Å². The van der Waals surface area contributed by atoms with Gasteiger partial charge in [0.25, 0.3) is 0 Å². The molecule has 0 aliphatic rings. The van der Waals surface area contributed by atoms with Gasteiger partial charge in [-0.3, -0.25) is 4.79 Å². The molecular formula is C15H15N3O2. The molecule has 0 saturated heterocycles. The van der Waals surface area contributed by atoms with Crippen molar-refractivity contribution in [2.75, 3.05) is 10.6 Å². The van der Waals surface area contributed by atoms with Crippen molar-refractivity contribution in [2.24, 2.45) is 0 Å². The van der Waals surface area contributed by atoms with Crippen LogP contribution in [0.2, 0.25) is 0 Å². The van der Waals surface area contributed by atoms with Crippen molar-refractivity contribution in [1.82, 2.24) is 0 Å². The first-order valence-electron chi connectivity index (χ1n) is 6.26.